The molecule has 0 aromatic heterocycles. The second kappa shape index (κ2) is 10.4. The number of hydrogen-bond acceptors (Lipinski definition) is 4. The first kappa shape index (κ1) is 21.4. The molecule has 2 amide bonds. The number of esters is 1. The summed E-state index contributed by atoms with van der Waals surface area (Å²) >= 11 is 0. The van der Waals surface area contributed by atoms with Gasteiger partial charge in [0, 0.05) is 11.1 Å². The van der Waals surface area contributed by atoms with Crippen LogP contribution in [0.2, 0.25) is 0 Å². The van der Waals surface area contributed by atoms with Gasteiger partial charge in [-0.25, -0.2) is 0 Å². The van der Waals surface area contributed by atoms with Gasteiger partial charge in [-0.05, 0) is 67.6 Å². The lowest BCUT2D eigenvalue weighted by Crippen LogP contribution is -2.39. The smallest absolute Gasteiger partial charge is 0.325 e. The third-order valence-electron chi connectivity index (χ3n) is 4.26. The normalized spacial score (nSPS) is 13.4. The number of carbonyl (C=O) groups excluding carboxylic acids is 3. The second-order valence-electron chi connectivity index (χ2n) is 6.46. The Labute approximate surface area is 176 Å². The van der Waals surface area contributed by atoms with Crippen LogP contribution >= 0.6 is 0 Å². The highest BCUT2D eigenvalue weighted by molar-refractivity contribution is 6.00. The monoisotopic (exact) mass is 401 g/mol. The fourth-order valence-corrected chi connectivity index (χ4v) is 2.77. The summed E-state index contributed by atoms with van der Waals surface area (Å²) in [7, 11) is 0. The summed E-state index contributed by atoms with van der Waals surface area (Å²) in [6, 6.07) is 11.1. The Morgan fingerprint density at radius 2 is 1.63 bits per heavy atom. The maximum Gasteiger partial charge on any atom is 0.325 e. The quantitative estimate of drug-likeness (QED) is 0.573. The average molecular weight is 401 g/mol. The number of amides is 2. The van der Waals surface area contributed by atoms with Gasteiger partial charge in [-0.1, -0.05) is 24.0 Å². The average Bonchev–Trinajstić information content (AvgIpc) is 3.28. The molecule has 0 aliphatic heterocycles. The molecule has 0 heterocycles. The van der Waals surface area contributed by atoms with Crippen molar-refractivity contribution < 1.29 is 19.1 Å². The molecule has 1 aliphatic carbocycles. The lowest BCUT2D eigenvalue weighted by molar-refractivity contribution is -0.143. The van der Waals surface area contributed by atoms with Crippen LogP contribution in [0.3, 0.4) is 0 Å². The lowest BCUT2D eigenvalue weighted by Gasteiger charge is -2.08. The minimum atomic E-state index is -0.523. The van der Waals surface area contributed by atoms with E-state index in [9.17, 15) is 14.4 Å². The zero-order valence-corrected chi connectivity index (χ0v) is 16.5. The Bertz CT molecular complexity index is 997. The van der Waals surface area contributed by atoms with Gasteiger partial charge in [0.1, 0.15) is 6.54 Å². The second-order valence-corrected chi connectivity index (χ2v) is 6.46. The molecule has 0 bridgehead atoms. The molecule has 5 radical (unpaired) electrons. The predicted octanol–water partition coefficient (Wildman–Crippen LogP) is 2.01. The van der Waals surface area contributed by atoms with E-state index in [2.05, 4.69) is 22.5 Å². The van der Waals surface area contributed by atoms with E-state index in [4.69, 9.17) is 4.74 Å². The number of ether oxygens (including phenoxy) is 1. The van der Waals surface area contributed by atoms with Crippen LogP contribution in [0.15, 0.2) is 36.4 Å². The highest BCUT2D eigenvalue weighted by Gasteiger charge is 2.14. The molecule has 3 rings (SSSR count). The molecule has 0 atom stereocenters. The molecule has 2 aromatic carbocycles. The van der Waals surface area contributed by atoms with Crippen LogP contribution in [0.1, 0.15) is 22.8 Å². The van der Waals surface area contributed by atoms with Crippen molar-refractivity contribution in [1.29, 1.82) is 0 Å². The Morgan fingerprint density at radius 3 is 2.40 bits per heavy atom. The Kier molecular flexibility index (Phi) is 7.45. The van der Waals surface area contributed by atoms with E-state index in [1.165, 1.54) is 0 Å². The molecule has 2 N–H and O–H groups in total. The van der Waals surface area contributed by atoms with E-state index in [-0.39, 0.29) is 25.6 Å². The molecule has 151 valence electrons. The van der Waals surface area contributed by atoms with Gasteiger partial charge in [-0.2, -0.15) is 0 Å². The van der Waals surface area contributed by atoms with Gasteiger partial charge in [-0.3, -0.25) is 14.4 Å². The molecular weight excluding hydrogens is 380 g/mol. The van der Waals surface area contributed by atoms with E-state index in [1.807, 2.05) is 49.9 Å². The van der Waals surface area contributed by atoms with Crippen molar-refractivity contribution >= 4 is 28.6 Å². The van der Waals surface area contributed by atoms with Crippen molar-refractivity contribution in [2.75, 3.05) is 19.7 Å². The van der Waals surface area contributed by atoms with Crippen LogP contribution in [0.25, 0.3) is 10.8 Å². The maximum absolute atomic E-state index is 12.3. The van der Waals surface area contributed by atoms with Gasteiger partial charge in [0.25, 0.3) is 5.91 Å². The van der Waals surface area contributed by atoms with Gasteiger partial charge in [0.2, 0.25) is 5.91 Å². The molecule has 0 spiro atoms. The third-order valence-corrected chi connectivity index (χ3v) is 4.26. The molecule has 30 heavy (non-hydrogen) atoms. The van der Waals surface area contributed by atoms with Crippen LogP contribution in [0.4, 0.5) is 0 Å². The van der Waals surface area contributed by atoms with E-state index in [1.54, 1.807) is 19.1 Å². The number of rotatable bonds is 6. The van der Waals surface area contributed by atoms with Crippen molar-refractivity contribution in [3.8, 4) is 11.8 Å². The summed E-state index contributed by atoms with van der Waals surface area (Å²) < 4.78 is 4.72. The van der Waals surface area contributed by atoms with Gasteiger partial charge >= 0.3 is 5.97 Å². The Morgan fingerprint density at radius 1 is 0.900 bits per heavy atom. The molecule has 1 fully saturated rings. The van der Waals surface area contributed by atoms with E-state index in [0.29, 0.717) is 5.56 Å². The zero-order chi connectivity index (χ0) is 21.3. The van der Waals surface area contributed by atoms with Crippen LogP contribution in [-0.2, 0) is 14.3 Å². The first-order valence-electron chi connectivity index (χ1n) is 9.53. The molecule has 1 saturated carbocycles. The van der Waals surface area contributed by atoms with Gasteiger partial charge in [-0.15, -0.1) is 0 Å². The molecule has 0 unspecified atom stereocenters. The molecule has 6 heteroatoms. The largest absolute Gasteiger partial charge is 0.465 e. The summed E-state index contributed by atoms with van der Waals surface area (Å²) in [5, 5.41) is 6.79. The predicted molar refractivity (Wildman–Crippen MR) is 113 cm³/mol. The van der Waals surface area contributed by atoms with E-state index in [0.717, 1.165) is 22.3 Å². The minimum Gasteiger partial charge on any atom is -0.465 e. The van der Waals surface area contributed by atoms with Crippen LogP contribution in [0, 0.1) is 43.4 Å². The Balaban J connectivity index is 1.56. The molecule has 1 aliphatic rings. The van der Waals surface area contributed by atoms with Crippen molar-refractivity contribution in [3.05, 3.63) is 79.1 Å². The molecule has 0 saturated heterocycles. The lowest BCUT2D eigenvalue weighted by atomic mass is 10.0. The first-order valence-corrected chi connectivity index (χ1v) is 9.53. The van der Waals surface area contributed by atoms with E-state index >= 15 is 0 Å². The number of nitrogens with one attached hydrogen (secondary N) is 2. The fraction of sp³-hybridized carbons (Fsp3) is 0.167. The van der Waals surface area contributed by atoms with Gasteiger partial charge in [0.05, 0.1) is 19.1 Å². The highest BCUT2D eigenvalue weighted by atomic mass is 16.5. The summed E-state index contributed by atoms with van der Waals surface area (Å²) in [6.45, 7) is 1.47. The summed E-state index contributed by atoms with van der Waals surface area (Å²) in [6.07, 6.45) is 7.80. The van der Waals surface area contributed by atoms with Crippen LogP contribution in [0.5, 0.6) is 0 Å². The number of benzene rings is 2. The fourth-order valence-electron chi connectivity index (χ4n) is 2.77. The number of carbonyl (C=O) groups is 3. The van der Waals surface area contributed by atoms with Crippen LogP contribution < -0.4 is 10.6 Å². The zero-order valence-electron chi connectivity index (χ0n) is 16.5. The highest BCUT2D eigenvalue weighted by Crippen LogP contribution is 2.22. The first-order chi connectivity index (χ1) is 14.5. The standard InChI is InChI=1S/C24H21N2O4/c1-2-30-23(28)16-25-22(27)15-26-24(29)21-12-11-19-13-18(9-10-20(19)14-21)8-7-17-5-3-4-6-17/h3-6,9-14H,2,15-16H2,1H3,(H,25,27)(H,26,29). The van der Waals surface area contributed by atoms with Gasteiger partial charge < -0.3 is 15.4 Å². The number of fused-ring (bicyclic) bond motifs is 1. The SMILES string of the molecule is CCOC(=O)CNC(=O)CNC(=O)c1ccc2cc(C#C[C]3[CH][CH][CH][CH]3)ccc2c1. The van der Waals surface area contributed by atoms with Crippen molar-refractivity contribution in [2.45, 2.75) is 6.92 Å². The van der Waals surface area contributed by atoms with Gasteiger partial charge in [0.15, 0.2) is 0 Å². The van der Waals surface area contributed by atoms with Crippen LogP contribution in [-0.4, -0.2) is 37.5 Å². The van der Waals surface area contributed by atoms with Crippen molar-refractivity contribution in [1.82, 2.24) is 10.6 Å². The summed E-state index contributed by atoms with van der Waals surface area (Å²) in [4.78, 5) is 35.3. The number of hydrogen-bond donors (Lipinski definition) is 2. The third kappa shape index (κ3) is 6.08. The maximum atomic E-state index is 12.3. The topological polar surface area (TPSA) is 84.5 Å². The summed E-state index contributed by atoms with van der Waals surface area (Å²) in [5.41, 5.74) is 1.33. The Hall–Kier alpha value is -3.33. The summed E-state index contributed by atoms with van der Waals surface area (Å²) in [5.74, 6) is 5.84. The molecule has 6 nitrogen and oxygen atoms in total. The van der Waals surface area contributed by atoms with Crippen molar-refractivity contribution in [2.24, 2.45) is 0 Å². The van der Waals surface area contributed by atoms with E-state index < -0.39 is 11.9 Å². The molecule has 2 aromatic rings. The van der Waals surface area contributed by atoms with Crippen molar-refractivity contribution in [3.63, 3.8) is 0 Å². The molecular formula is C24H21N2O4. The minimum absolute atomic E-state index is 0.227.